The number of aromatic nitrogens is 3. The number of nitrogens with two attached hydrogens (primary N) is 1. The van der Waals surface area contributed by atoms with E-state index in [4.69, 9.17) is 5.73 Å². The zero-order chi connectivity index (χ0) is 16.7. The topological polar surface area (TPSA) is 94.1 Å². The van der Waals surface area contributed by atoms with Crippen LogP contribution in [0, 0.1) is 0 Å². The van der Waals surface area contributed by atoms with E-state index in [2.05, 4.69) is 14.8 Å². The second kappa shape index (κ2) is 6.38. The Bertz CT molecular complexity index is 653. The molecule has 7 nitrogen and oxygen atoms in total. The lowest BCUT2D eigenvalue weighted by Gasteiger charge is -2.33. The van der Waals surface area contributed by atoms with Crippen molar-refractivity contribution in [2.24, 2.45) is 5.73 Å². The first kappa shape index (κ1) is 15.9. The van der Waals surface area contributed by atoms with Gasteiger partial charge in [0, 0.05) is 18.5 Å². The molecule has 2 saturated carbocycles. The van der Waals surface area contributed by atoms with Crippen molar-refractivity contribution in [1.29, 1.82) is 0 Å². The molecule has 2 amide bonds. The summed E-state index contributed by atoms with van der Waals surface area (Å²) in [5.41, 5.74) is 5.45. The SMILES string of the molecule is NC(=O)[C@@H]1CCCCN1C(=O)CSc1nnc(C2CC2)n1C1CC1. The third-order valence-electron chi connectivity index (χ3n) is 5.02. The summed E-state index contributed by atoms with van der Waals surface area (Å²) >= 11 is 1.44. The van der Waals surface area contributed by atoms with Crippen LogP contribution in [0.3, 0.4) is 0 Å². The predicted molar refractivity (Wildman–Crippen MR) is 89.5 cm³/mol. The number of hydrogen-bond acceptors (Lipinski definition) is 5. The molecule has 2 aliphatic carbocycles. The normalized spacial score (nSPS) is 24.2. The second-order valence-electron chi connectivity index (χ2n) is 7.01. The number of carbonyl (C=O) groups excluding carboxylic acids is 2. The Balaban J connectivity index is 1.43. The lowest BCUT2D eigenvalue weighted by molar-refractivity contribution is -0.138. The molecule has 1 saturated heterocycles. The molecule has 2 N–H and O–H groups in total. The summed E-state index contributed by atoms with van der Waals surface area (Å²) in [5, 5.41) is 9.54. The van der Waals surface area contributed by atoms with Crippen molar-refractivity contribution >= 4 is 23.6 Å². The van der Waals surface area contributed by atoms with E-state index in [9.17, 15) is 9.59 Å². The van der Waals surface area contributed by atoms with Crippen molar-refractivity contribution in [3.8, 4) is 0 Å². The monoisotopic (exact) mass is 349 g/mol. The maximum Gasteiger partial charge on any atom is 0.240 e. The fourth-order valence-corrected chi connectivity index (χ4v) is 4.32. The summed E-state index contributed by atoms with van der Waals surface area (Å²) in [4.78, 5) is 25.8. The van der Waals surface area contributed by atoms with Gasteiger partial charge in [-0.3, -0.25) is 9.59 Å². The van der Waals surface area contributed by atoms with Gasteiger partial charge in [0.1, 0.15) is 11.9 Å². The molecule has 1 aromatic heterocycles. The Labute approximate surface area is 145 Å². The van der Waals surface area contributed by atoms with Crippen LogP contribution in [0.25, 0.3) is 0 Å². The second-order valence-corrected chi connectivity index (χ2v) is 7.95. The summed E-state index contributed by atoms with van der Waals surface area (Å²) < 4.78 is 2.25. The maximum atomic E-state index is 12.6. The zero-order valence-electron chi connectivity index (χ0n) is 13.7. The molecule has 24 heavy (non-hydrogen) atoms. The van der Waals surface area contributed by atoms with Crippen molar-refractivity contribution in [1.82, 2.24) is 19.7 Å². The highest BCUT2D eigenvalue weighted by atomic mass is 32.2. The van der Waals surface area contributed by atoms with Crippen molar-refractivity contribution in [3.63, 3.8) is 0 Å². The van der Waals surface area contributed by atoms with Gasteiger partial charge in [-0.05, 0) is 44.9 Å². The van der Waals surface area contributed by atoms with Crippen LogP contribution in [0.1, 0.15) is 62.7 Å². The van der Waals surface area contributed by atoms with Gasteiger partial charge in [-0.15, -0.1) is 10.2 Å². The van der Waals surface area contributed by atoms with Crippen LogP contribution < -0.4 is 5.73 Å². The quantitative estimate of drug-likeness (QED) is 0.785. The Morgan fingerprint density at radius 2 is 1.92 bits per heavy atom. The van der Waals surface area contributed by atoms with Crippen LogP contribution in [0.15, 0.2) is 5.16 Å². The van der Waals surface area contributed by atoms with Crippen LogP contribution in [0.4, 0.5) is 0 Å². The van der Waals surface area contributed by atoms with Crippen LogP contribution in [-0.4, -0.2) is 49.8 Å². The average molecular weight is 349 g/mol. The minimum Gasteiger partial charge on any atom is -0.368 e. The molecule has 1 atom stereocenters. The van der Waals surface area contributed by atoms with Crippen molar-refractivity contribution in [2.45, 2.75) is 68.1 Å². The molecule has 0 aromatic carbocycles. The van der Waals surface area contributed by atoms with E-state index < -0.39 is 11.9 Å². The first-order chi connectivity index (χ1) is 11.6. The number of likely N-dealkylation sites (tertiary alicyclic amines) is 1. The summed E-state index contributed by atoms with van der Waals surface area (Å²) in [7, 11) is 0. The standard InChI is InChI=1S/C16H23N5O2S/c17-14(23)12-3-1-2-8-20(12)13(22)9-24-16-19-18-15(10-4-5-10)21(16)11-6-7-11/h10-12H,1-9H2,(H2,17,23)/t12-/m0/s1. The lowest BCUT2D eigenvalue weighted by atomic mass is 10.0. The molecule has 3 aliphatic rings. The molecule has 8 heteroatoms. The Kier molecular flexibility index (Phi) is 4.24. The largest absolute Gasteiger partial charge is 0.368 e. The summed E-state index contributed by atoms with van der Waals surface area (Å²) in [6, 6.07) is 0.0664. The van der Waals surface area contributed by atoms with Crippen LogP contribution in [-0.2, 0) is 9.59 Å². The van der Waals surface area contributed by atoms with Crippen molar-refractivity contribution in [2.75, 3.05) is 12.3 Å². The summed E-state index contributed by atoms with van der Waals surface area (Å²) in [6.07, 6.45) is 7.31. The fourth-order valence-electron chi connectivity index (χ4n) is 3.42. The van der Waals surface area contributed by atoms with Gasteiger partial charge in [-0.1, -0.05) is 11.8 Å². The molecule has 1 aliphatic heterocycles. The first-order valence-corrected chi connectivity index (χ1v) is 9.80. The first-order valence-electron chi connectivity index (χ1n) is 8.81. The number of amides is 2. The Morgan fingerprint density at radius 1 is 1.12 bits per heavy atom. The molecule has 0 bridgehead atoms. The molecule has 0 spiro atoms. The van der Waals surface area contributed by atoms with E-state index in [0.717, 1.165) is 23.8 Å². The number of rotatable bonds is 6. The third-order valence-corrected chi connectivity index (χ3v) is 5.95. The fraction of sp³-hybridized carbons (Fsp3) is 0.750. The molecule has 2 heterocycles. The van der Waals surface area contributed by atoms with Gasteiger partial charge < -0.3 is 15.2 Å². The van der Waals surface area contributed by atoms with E-state index in [1.807, 2.05) is 0 Å². The van der Waals surface area contributed by atoms with Gasteiger partial charge in [0.2, 0.25) is 11.8 Å². The number of thioether (sulfide) groups is 1. The van der Waals surface area contributed by atoms with Gasteiger partial charge >= 0.3 is 0 Å². The lowest BCUT2D eigenvalue weighted by Crippen LogP contribution is -2.51. The summed E-state index contributed by atoms with van der Waals surface area (Å²) in [5.74, 6) is 1.52. The van der Waals surface area contributed by atoms with Gasteiger partial charge in [0.25, 0.3) is 0 Å². The number of carbonyl (C=O) groups is 2. The van der Waals surface area contributed by atoms with E-state index in [1.54, 1.807) is 4.90 Å². The minimum atomic E-state index is -0.449. The minimum absolute atomic E-state index is 0.0261. The number of nitrogens with zero attached hydrogens (tertiary/aromatic N) is 4. The number of primary amides is 1. The number of piperidine rings is 1. The molecule has 130 valence electrons. The van der Waals surface area contributed by atoms with Crippen molar-refractivity contribution in [3.05, 3.63) is 5.82 Å². The van der Waals surface area contributed by atoms with Crippen LogP contribution in [0.5, 0.6) is 0 Å². The van der Waals surface area contributed by atoms with Gasteiger partial charge in [-0.25, -0.2) is 0 Å². The molecular formula is C16H23N5O2S. The Hall–Kier alpha value is -1.57. The third kappa shape index (κ3) is 3.16. The van der Waals surface area contributed by atoms with E-state index in [1.165, 1.54) is 37.4 Å². The highest BCUT2D eigenvalue weighted by Gasteiger charge is 2.37. The molecule has 0 radical (unpaired) electrons. The van der Waals surface area contributed by atoms with E-state index >= 15 is 0 Å². The van der Waals surface area contributed by atoms with Crippen molar-refractivity contribution < 1.29 is 9.59 Å². The predicted octanol–water partition coefficient (Wildman–Crippen LogP) is 1.45. The maximum absolute atomic E-state index is 12.6. The smallest absolute Gasteiger partial charge is 0.240 e. The molecule has 4 rings (SSSR count). The van der Waals surface area contributed by atoms with Crippen LogP contribution in [0.2, 0.25) is 0 Å². The van der Waals surface area contributed by atoms with Gasteiger partial charge in [0.15, 0.2) is 5.16 Å². The van der Waals surface area contributed by atoms with Crippen LogP contribution >= 0.6 is 11.8 Å². The van der Waals surface area contributed by atoms with E-state index in [-0.39, 0.29) is 5.91 Å². The van der Waals surface area contributed by atoms with Gasteiger partial charge in [-0.2, -0.15) is 0 Å². The van der Waals surface area contributed by atoms with E-state index in [0.29, 0.717) is 30.7 Å². The molecular weight excluding hydrogens is 326 g/mol. The highest BCUT2D eigenvalue weighted by Crippen LogP contribution is 2.46. The zero-order valence-corrected chi connectivity index (χ0v) is 14.5. The molecule has 3 fully saturated rings. The number of hydrogen-bond donors (Lipinski definition) is 1. The molecule has 1 aromatic rings. The Morgan fingerprint density at radius 3 is 2.58 bits per heavy atom. The summed E-state index contributed by atoms with van der Waals surface area (Å²) in [6.45, 7) is 0.621. The molecule has 0 unspecified atom stereocenters. The highest BCUT2D eigenvalue weighted by molar-refractivity contribution is 7.99. The average Bonchev–Trinajstić information content (AvgIpc) is 3.51. The van der Waals surface area contributed by atoms with Gasteiger partial charge in [0.05, 0.1) is 5.75 Å².